The largest absolute Gasteiger partial charge is 0.496 e. The number of nitrogens with zero attached hydrogens (tertiary/aromatic N) is 3. The van der Waals surface area contributed by atoms with Gasteiger partial charge in [-0.25, -0.2) is 18.7 Å². The van der Waals surface area contributed by atoms with Crippen molar-refractivity contribution in [1.29, 1.82) is 0 Å². The van der Waals surface area contributed by atoms with Crippen LogP contribution in [0.15, 0.2) is 23.3 Å². The summed E-state index contributed by atoms with van der Waals surface area (Å²) in [5.41, 5.74) is 6.10. The predicted octanol–water partition coefficient (Wildman–Crippen LogP) is 1.36. The van der Waals surface area contributed by atoms with E-state index in [-0.39, 0.29) is 36.2 Å². The Labute approximate surface area is 270 Å². The monoisotopic (exact) mass is 747 g/mol. The number of nitrogens with one attached hydrogen (secondary N) is 1. The van der Waals surface area contributed by atoms with Crippen LogP contribution in [0.25, 0.3) is 11.2 Å². The van der Waals surface area contributed by atoms with Gasteiger partial charge in [0.05, 0.1) is 52.9 Å². The Balaban J connectivity index is 1.50. The second-order valence-electron chi connectivity index (χ2n) is 9.65. The molecule has 3 aromatic rings. The molecular formula is C22H32N5O16P3S. The fourth-order valence-electron chi connectivity index (χ4n) is 4.60. The van der Waals surface area contributed by atoms with Crippen LogP contribution in [0.5, 0.6) is 17.2 Å². The Hall–Kier alpha value is -2.55. The average Bonchev–Trinajstić information content (AvgIpc) is 3.55. The Morgan fingerprint density at radius 1 is 1.06 bits per heavy atom. The van der Waals surface area contributed by atoms with E-state index in [2.05, 4.69) is 23.6 Å². The number of hydrogen-bond acceptors (Lipinski definition) is 16. The molecule has 262 valence electrons. The van der Waals surface area contributed by atoms with Gasteiger partial charge in [0.2, 0.25) is 5.95 Å². The molecule has 0 aliphatic carbocycles. The first-order valence-corrected chi connectivity index (χ1v) is 18.8. The summed E-state index contributed by atoms with van der Waals surface area (Å²) in [5, 5.41) is 0. The topological polar surface area (TPSA) is 296 Å². The number of rotatable bonds is 17. The van der Waals surface area contributed by atoms with Crippen molar-refractivity contribution in [3.05, 3.63) is 34.4 Å². The number of imidazole rings is 1. The van der Waals surface area contributed by atoms with Crippen LogP contribution >= 0.6 is 35.2 Å². The van der Waals surface area contributed by atoms with E-state index >= 15 is 0 Å². The molecule has 1 fully saturated rings. The molecule has 21 nitrogen and oxygen atoms in total. The smallest absolute Gasteiger partial charge is 0.490 e. The molecule has 5 atom stereocenters. The van der Waals surface area contributed by atoms with Gasteiger partial charge in [-0.15, -0.1) is 11.8 Å². The van der Waals surface area contributed by atoms with Crippen molar-refractivity contribution in [3.8, 4) is 17.2 Å². The zero-order chi connectivity index (χ0) is 34.6. The molecule has 4 rings (SSSR count). The zero-order valence-corrected chi connectivity index (χ0v) is 28.4. The summed E-state index contributed by atoms with van der Waals surface area (Å²) in [7, 11) is -12.2. The summed E-state index contributed by atoms with van der Waals surface area (Å²) in [6.07, 6.45) is -0.544. The van der Waals surface area contributed by atoms with E-state index in [1.807, 2.05) is 0 Å². The lowest BCUT2D eigenvalue weighted by atomic mass is 10.0. The fourth-order valence-corrected chi connectivity index (χ4v) is 8.46. The zero-order valence-electron chi connectivity index (χ0n) is 24.9. The first-order chi connectivity index (χ1) is 22.0. The maximum Gasteiger partial charge on any atom is 0.490 e. The minimum Gasteiger partial charge on any atom is -0.496 e. The molecule has 2 aromatic heterocycles. The standard InChI is InChI=1S/C22H32N5O16P3S/c1-36-13-4-15(37-2)14(16(5-13)38-3)9-47-11-40-19-12(6-27-10-24-18-20(27)25-22(23)26-21(18)28)7-39-17(19)8-41-45(32,33)43-46(34,35)42-44(29,30)31/h4-5,10,12,17,19H,6-9,11H2,1-3H3,(H,32,33)(H,34,35)(H2,29,30,31)(H3,23,25,26,28)/t12-,17-,19+/m1/s1. The number of ether oxygens (including phenoxy) is 5. The molecule has 0 spiro atoms. The molecule has 3 heterocycles. The molecule has 1 saturated heterocycles. The molecule has 1 aliphatic rings. The molecule has 7 N–H and O–H groups in total. The summed E-state index contributed by atoms with van der Waals surface area (Å²) in [6.45, 7) is -0.586. The number of anilines is 1. The lowest BCUT2D eigenvalue weighted by Crippen LogP contribution is -2.35. The average molecular weight is 748 g/mol. The Morgan fingerprint density at radius 3 is 2.36 bits per heavy atom. The van der Waals surface area contributed by atoms with Crippen molar-refractivity contribution >= 4 is 52.3 Å². The quantitative estimate of drug-likeness (QED) is 0.0645. The van der Waals surface area contributed by atoms with Gasteiger partial charge in [0.15, 0.2) is 11.2 Å². The van der Waals surface area contributed by atoms with Crippen molar-refractivity contribution in [2.45, 2.75) is 24.5 Å². The van der Waals surface area contributed by atoms with Crippen LogP contribution in [-0.4, -0.2) is 91.8 Å². The number of hydrogen-bond donors (Lipinski definition) is 6. The van der Waals surface area contributed by atoms with Crippen molar-refractivity contribution in [1.82, 2.24) is 19.5 Å². The van der Waals surface area contributed by atoms with Gasteiger partial charge in [-0.3, -0.25) is 14.3 Å². The summed E-state index contributed by atoms with van der Waals surface area (Å²) < 4.78 is 77.1. The van der Waals surface area contributed by atoms with Gasteiger partial charge in [0.25, 0.3) is 5.56 Å². The Kier molecular flexibility index (Phi) is 12.2. The number of phosphoric acid groups is 3. The van der Waals surface area contributed by atoms with Crippen LogP contribution in [0.4, 0.5) is 5.95 Å². The van der Waals surface area contributed by atoms with E-state index < -0.39 is 53.8 Å². The van der Waals surface area contributed by atoms with Gasteiger partial charge in [0, 0.05) is 35.9 Å². The highest BCUT2D eigenvalue weighted by atomic mass is 32.2. The van der Waals surface area contributed by atoms with Crippen molar-refractivity contribution in [3.63, 3.8) is 0 Å². The van der Waals surface area contributed by atoms with Crippen LogP contribution in [0.3, 0.4) is 0 Å². The van der Waals surface area contributed by atoms with E-state index in [9.17, 15) is 28.3 Å². The third kappa shape index (κ3) is 9.99. The second kappa shape index (κ2) is 15.3. The van der Waals surface area contributed by atoms with Crippen molar-refractivity contribution in [2.75, 3.05) is 46.2 Å². The van der Waals surface area contributed by atoms with Crippen LogP contribution in [-0.2, 0) is 48.6 Å². The molecule has 0 radical (unpaired) electrons. The van der Waals surface area contributed by atoms with Gasteiger partial charge < -0.3 is 53.6 Å². The summed E-state index contributed by atoms with van der Waals surface area (Å²) >= 11 is 1.32. The maximum absolute atomic E-state index is 12.4. The molecule has 1 aromatic carbocycles. The van der Waals surface area contributed by atoms with Gasteiger partial charge in [0.1, 0.15) is 23.4 Å². The normalized spacial score (nSPS) is 21.0. The highest BCUT2D eigenvalue weighted by Crippen LogP contribution is 2.66. The molecule has 0 bridgehead atoms. The van der Waals surface area contributed by atoms with Gasteiger partial charge in [-0.1, -0.05) is 0 Å². The number of aromatic nitrogens is 4. The van der Waals surface area contributed by atoms with Crippen molar-refractivity contribution in [2.24, 2.45) is 5.92 Å². The van der Waals surface area contributed by atoms with Crippen LogP contribution in [0.1, 0.15) is 5.56 Å². The lowest BCUT2D eigenvalue weighted by Gasteiger charge is -2.24. The van der Waals surface area contributed by atoms with Gasteiger partial charge >= 0.3 is 23.5 Å². The highest BCUT2D eigenvalue weighted by Gasteiger charge is 2.44. The second-order valence-corrected chi connectivity index (χ2v) is 15.0. The first-order valence-electron chi connectivity index (χ1n) is 13.1. The summed E-state index contributed by atoms with van der Waals surface area (Å²) in [5.74, 6) is 1.34. The molecule has 1 aliphatic heterocycles. The summed E-state index contributed by atoms with van der Waals surface area (Å²) in [4.78, 5) is 59.7. The number of methoxy groups -OCH3 is 3. The van der Waals surface area contributed by atoms with E-state index in [1.165, 1.54) is 39.4 Å². The molecule has 0 amide bonds. The first kappa shape index (κ1) is 37.3. The predicted molar refractivity (Wildman–Crippen MR) is 163 cm³/mol. The lowest BCUT2D eigenvalue weighted by molar-refractivity contribution is -0.0245. The van der Waals surface area contributed by atoms with Gasteiger partial charge in [-0.05, 0) is 0 Å². The molecule has 25 heteroatoms. The number of benzene rings is 1. The van der Waals surface area contributed by atoms with E-state index in [1.54, 1.807) is 16.7 Å². The third-order valence-electron chi connectivity index (χ3n) is 6.50. The third-order valence-corrected chi connectivity index (χ3v) is 11.1. The van der Waals surface area contributed by atoms with Crippen molar-refractivity contribution < 1.29 is 70.1 Å². The molecule has 47 heavy (non-hydrogen) atoms. The highest BCUT2D eigenvalue weighted by molar-refractivity contribution is 7.98. The number of H-pyrrole nitrogens is 1. The Morgan fingerprint density at radius 2 is 1.74 bits per heavy atom. The molecular weight excluding hydrogens is 715 g/mol. The minimum absolute atomic E-state index is 0.0121. The van der Waals surface area contributed by atoms with E-state index in [4.69, 9.17) is 43.7 Å². The number of nitrogen functional groups attached to an aromatic ring is 1. The molecule has 0 saturated carbocycles. The van der Waals surface area contributed by atoms with Crippen LogP contribution in [0.2, 0.25) is 0 Å². The van der Waals surface area contributed by atoms with E-state index in [0.717, 1.165) is 0 Å². The van der Waals surface area contributed by atoms with Crippen LogP contribution < -0.4 is 25.5 Å². The SMILES string of the molecule is COc1cc(OC)c(CSCO[C@H]2[C@H](Cn3cnc4c(=O)[nH]c(N)nc43)CO[C@@H]2COP(=O)(O)OP(=O)(O)OP(=O)(O)O)c(OC)c1. The van der Waals surface area contributed by atoms with Gasteiger partial charge in [-0.2, -0.15) is 13.6 Å². The van der Waals surface area contributed by atoms with E-state index in [0.29, 0.717) is 28.6 Å². The maximum atomic E-state index is 12.4. The summed E-state index contributed by atoms with van der Waals surface area (Å²) in [6, 6.07) is 3.39. The number of nitrogens with two attached hydrogens (primary N) is 1. The number of thioether (sulfide) groups is 1. The fraction of sp³-hybridized carbons (Fsp3) is 0.500. The molecule has 2 unspecified atom stereocenters. The van der Waals surface area contributed by atoms with Crippen LogP contribution in [0, 0.1) is 5.92 Å². The number of phosphoric ester groups is 1. The Bertz CT molecular complexity index is 1740. The number of fused-ring (bicyclic) bond motifs is 1. The minimum atomic E-state index is -5.73. The number of aromatic amines is 1.